The number of nitriles is 1. The van der Waals surface area contributed by atoms with Crippen LogP contribution < -0.4 is 10.2 Å². The molecule has 166 valence electrons. The quantitative estimate of drug-likeness (QED) is 0.399. The van der Waals surface area contributed by atoms with Crippen molar-refractivity contribution >= 4 is 16.7 Å². The van der Waals surface area contributed by atoms with E-state index < -0.39 is 0 Å². The fourth-order valence-corrected chi connectivity index (χ4v) is 4.26. The number of hydrogen-bond acceptors (Lipinski definition) is 4. The third-order valence-corrected chi connectivity index (χ3v) is 6.08. The van der Waals surface area contributed by atoms with Crippen LogP contribution >= 0.6 is 0 Å². The lowest BCUT2D eigenvalue weighted by Crippen LogP contribution is -2.17. The minimum atomic E-state index is -0.312. The lowest BCUT2D eigenvalue weighted by atomic mass is 10.1. The Hall–Kier alpha value is -4.11. The number of methoxy groups -OCH3 is 1. The second kappa shape index (κ2) is 9.17. The number of para-hydroxylation sites is 1. The Bertz CT molecular complexity index is 1440. The number of rotatable bonds is 7. The SMILES string of the molecule is COc1ccc(CCn2c(C)cc(C(=O)Cn3cc(C#N)c(=O)c4ccccc43)c2C)cc1. The highest BCUT2D eigenvalue weighted by Gasteiger charge is 2.18. The number of aryl methyl sites for hydroxylation is 2. The number of Topliss-reactive ketones (excluding diaryl/α,β-unsaturated/α-hetero) is 1. The topological polar surface area (TPSA) is 77.0 Å². The van der Waals surface area contributed by atoms with Crippen molar-refractivity contribution in [2.45, 2.75) is 33.4 Å². The number of carbonyl (C=O) groups is 1. The zero-order valence-electron chi connectivity index (χ0n) is 19.0. The first-order valence-corrected chi connectivity index (χ1v) is 10.8. The number of benzene rings is 2. The Morgan fingerprint density at radius 2 is 1.82 bits per heavy atom. The lowest BCUT2D eigenvalue weighted by Gasteiger charge is -2.12. The molecule has 4 aromatic rings. The summed E-state index contributed by atoms with van der Waals surface area (Å²) in [5.41, 5.74) is 4.15. The van der Waals surface area contributed by atoms with Gasteiger partial charge in [0.1, 0.15) is 17.4 Å². The molecule has 0 N–H and O–H groups in total. The van der Waals surface area contributed by atoms with Gasteiger partial charge in [0.05, 0.1) is 19.2 Å². The first-order valence-electron chi connectivity index (χ1n) is 10.8. The molecule has 0 aliphatic carbocycles. The molecule has 0 amide bonds. The second-order valence-corrected chi connectivity index (χ2v) is 8.09. The van der Waals surface area contributed by atoms with Crippen LogP contribution in [0, 0.1) is 25.2 Å². The number of nitrogens with zero attached hydrogens (tertiary/aromatic N) is 3. The van der Waals surface area contributed by atoms with Gasteiger partial charge in [0, 0.05) is 35.1 Å². The average Bonchev–Trinajstić information content (AvgIpc) is 3.13. The van der Waals surface area contributed by atoms with Gasteiger partial charge in [-0.05, 0) is 56.2 Å². The number of ether oxygens (including phenoxy) is 1. The van der Waals surface area contributed by atoms with E-state index in [2.05, 4.69) is 4.57 Å². The Morgan fingerprint density at radius 1 is 1.09 bits per heavy atom. The van der Waals surface area contributed by atoms with E-state index in [0.29, 0.717) is 16.5 Å². The molecule has 2 aromatic heterocycles. The second-order valence-electron chi connectivity index (χ2n) is 8.09. The van der Waals surface area contributed by atoms with Crippen LogP contribution in [0.3, 0.4) is 0 Å². The van der Waals surface area contributed by atoms with Gasteiger partial charge in [-0.2, -0.15) is 5.26 Å². The highest BCUT2D eigenvalue weighted by molar-refractivity contribution is 5.98. The maximum atomic E-state index is 13.3. The predicted molar refractivity (Wildman–Crippen MR) is 128 cm³/mol. The van der Waals surface area contributed by atoms with E-state index in [-0.39, 0.29) is 23.3 Å². The molecule has 0 saturated carbocycles. The molecule has 0 aliphatic rings. The Balaban J connectivity index is 1.59. The fraction of sp³-hybridized carbons (Fsp3) is 0.222. The molecule has 6 nitrogen and oxygen atoms in total. The van der Waals surface area contributed by atoms with Crippen molar-refractivity contribution in [2.24, 2.45) is 0 Å². The minimum absolute atomic E-state index is 0.0338. The van der Waals surface area contributed by atoms with Gasteiger partial charge in [0.25, 0.3) is 0 Å². The van der Waals surface area contributed by atoms with E-state index in [9.17, 15) is 14.9 Å². The Morgan fingerprint density at radius 3 is 2.52 bits per heavy atom. The van der Waals surface area contributed by atoms with Crippen LogP contribution in [0.4, 0.5) is 0 Å². The number of hydrogen-bond donors (Lipinski definition) is 0. The van der Waals surface area contributed by atoms with Crippen LogP contribution in [0.1, 0.15) is 32.9 Å². The first-order chi connectivity index (χ1) is 15.9. The molecule has 0 saturated heterocycles. The van der Waals surface area contributed by atoms with Crippen molar-refractivity contribution in [1.82, 2.24) is 9.13 Å². The molecule has 33 heavy (non-hydrogen) atoms. The Kier molecular flexibility index (Phi) is 6.14. The summed E-state index contributed by atoms with van der Waals surface area (Å²) in [6.45, 7) is 4.77. The lowest BCUT2D eigenvalue weighted by molar-refractivity contribution is 0.0972. The van der Waals surface area contributed by atoms with Crippen LogP contribution in [0.5, 0.6) is 5.75 Å². The van der Waals surface area contributed by atoms with E-state index in [1.165, 1.54) is 11.8 Å². The molecule has 0 aliphatic heterocycles. The summed E-state index contributed by atoms with van der Waals surface area (Å²) >= 11 is 0. The van der Waals surface area contributed by atoms with Gasteiger partial charge in [-0.15, -0.1) is 0 Å². The van der Waals surface area contributed by atoms with E-state index >= 15 is 0 Å². The maximum absolute atomic E-state index is 13.3. The van der Waals surface area contributed by atoms with Crippen molar-refractivity contribution < 1.29 is 9.53 Å². The number of pyridine rings is 1. The van der Waals surface area contributed by atoms with Crippen molar-refractivity contribution in [2.75, 3.05) is 7.11 Å². The molecule has 0 fully saturated rings. The van der Waals surface area contributed by atoms with Gasteiger partial charge >= 0.3 is 0 Å². The van der Waals surface area contributed by atoms with Crippen LogP contribution in [0.2, 0.25) is 0 Å². The van der Waals surface area contributed by atoms with E-state index in [4.69, 9.17) is 4.74 Å². The summed E-state index contributed by atoms with van der Waals surface area (Å²) < 4.78 is 9.07. The van der Waals surface area contributed by atoms with Crippen LogP contribution in [-0.2, 0) is 19.5 Å². The number of aromatic nitrogens is 2. The summed E-state index contributed by atoms with van der Waals surface area (Å²) in [6, 6.07) is 18.9. The van der Waals surface area contributed by atoms with E-state index in [1.807, 2.05) is 56.3 Å². The van der Waals surface area contributed by atoms with Gasteiger partial charge in [-0.25, -0.2) is 0 Å². The third-order valence-electron chi connectivity index (χ3n) is 6.08. The normalized spacial score (nSPS) is 10.8. The molecular weight excluding hydrogens is 414 g/mol. The smallest absolute Gasteiger partial charge is 0.207 e. The average molecular weight is 440 g/mol. The highest BCUT2D eigenvalue weighted by Crippen LogP contribution is 2.20. The van der Waals surface area contributed by atoms with Crippen LogP contribution in [-0.4, -0.2) is 22.0 Å². The molecule has 0 atom stereocenters. The van der Waals surface area contributed by atoms with E-state index in [1.54, 1.807) is 29.9 Å². The minimum Gasteiger partial charge on any atom is -0.497 e. The largest absolute Gasteiger partial charge is 0.497 e. The van der Waals surface area contributed by atoms with Crippen molar-refractivity contribution in [3.8, 4) is 11.8 Å². The van der Waals surface area contributed by atoms with Crippen LogP contribution in [0.15, 0.2) is 65.6 Å². The first kappa shape index (κ1) is 22.1. The van der Waals surface area contributed by atoms with Crippen molar-refractivity contribution in [3.63, 3.8) is 0 Å². The zero-order valence-corrected chi connectivity index (χ0v) is 19.0. The summed E-state index contributed by atoms with van der Waals surface area (Å²) in [4.78, 5) is 25.7. The van der Waals surface area contributed by atoms with Crippen molar-refractivity contribution in [1.29, 1.82) is 5.26 Å². The molecule has 0 bridgehead atoms. The molecule has 4 rings (SSSR count). The number of fused-ring (bicyclic) bond motifs is 1. The van der Waals surface area contributed by atoms with Gasteiger partial charge < -0.3 is 13.9 Å². The third kappa shape index (κ3) is 4.31. The van der Waals surface area contributed by atoms with Gasteiger partial charge in [0.15, 0.2) is 5.78 Å². The standard InChI is InChI=1S/C27H25N3O3/c1-18-14-24(19(2)30(18)13-12-20-8-10-22(33-3)11-9-20)26(31)17-29-16-21(15-28)27(32)23-6-4-5-7-25(23)29/h4-11,14,16H,12-13,17H2,1-3H3. The monoisotopic (exact) mass is 439 g/mol. The molecular formula is C27H25N3O3. The summed E-state index contributed by atoms with van der Waals surface area (Å²) in [5.74, 6) is 0.769. The van der Waals surface area contributed by atoms with E-state index in [0.717, 1.165) is 30.1 Å². The van der Waals surface area contributed by atoms with Crippen molar-refractivity contribution in [3.05, 3.63) is 99.1 Å². The predicted octanol–water partition coefficient (Wildman–Crippen LogP) is 4.43. The molecule has 2 heterocycles. The maximum Gasteiger partial charge on any atom is 0.207 e. The van der Waals surface area contributed by atoms with Gasteiger partial charge in [-0.1, -0.05) is 24.3 Å². The van der Waals surface area contributed by atoms with Gasteiger partial charge in [-0.3, -0.25) is 9.59 Å². The molecule has 2 aromatic carbocycles. The van der Waals surface area contributed by atoms with Gasteiger partial charge in [0.2, 0.25) is 5.43 Å². The summed E-state index contributed by atoms with van der Waals surface area (Å²) in [5, 5.41) is 9.80. The Labute approximate surface area is 192 Å². The molecule has 6 heteroatoms. The zero-order chi connectivity index (χ0) is 23.5. The summed E-state index contributed by atoms with van der Waals surface area (Å²) in [6.07, 6.45) is 2.31. The van der Waals surface area contributed by atoms with Crippen LogP contribution in [0.25, 0.3) is 10.9 Å². The fourth-order valence-electron chi connectivity index (χ4n) is 4.26. The molecule has 0 spiro atoms. The number of ketones is 1. The highest BCUT2D eigenvalue weighted by atomic mass is 16.5. The number of carbonyl (C=O) groups excluding carboxylic acids is 1. The molecule has 0 radical (unpaired) electrons. The molecule has 0 unspecified atom stereocenters. The summed E-state index contributed by atoms with van der Waals surface area (Å²) in [7, 11) is 1.65.